The number of hydrogen-bond donors (Lipinski definition) is 2. The quantitative estimate of drug-likeness (QED) is 0.463. The van der Waals surface area contributed by atoms with Gasteiger partial charge in [-0.2, -0.15) is 0 Å². The van der Waals surface area contributed by atoms with E-state index in [0.717, 1.165) is 22.3 Å². The summed E-state index contributed by atoms with van der Waals surface area (Å²) in [7, 11) is 0. The van der Waals surface area contributed by atoms with Gasteiger partial charge in [-0.1, -0.05) is 90.5 Å². The molecule has 2 fully saturated rings. The number of hydrogen-bond acceptors (Lipinski definition) is 2. The molecule has 2 aliphatic carbocycles. The molecule has 180 valence electrons. The molecule has 33 heavy (non-hydrogen) atoms. The minimum absolute atomic E-state index is 0.278. The van der Waals surface area contributed by atoms with E-state index in [-0.39, 0.29) is 11.8 Å². The Morgan fingerprint density at radius 1 is 0.606 bits per heavy atom. The number of phenolic OH excluding ortho intramolecular Hbond substituents is 2. The van der Waals surface area contributed by atoms with Crippen LogP contribution >= 0.6 is 0 Å². The van der Waals surface area contributed by atoms with E-state index in [1.807, 2.05) is 0 Å². The predicted octanol–water partition coefficient (Wildman–Crippen LogP) is 9.03. The van der Waals surface area contributed by atoms with E-state index in [4.69, 9.17) is 0 Å². The molecular formula is C31H44O2. The molecule has 0 aliphatic heterocycles. The van der Waals surface area contributed by atoms with Crippen molar-refractivity contribution in [2.45, 2.75) is 122 Å². The average molecular weight is 449 g/mol. The van der Waals surface area contributed by atoms with Crippen LogP contribution in [0.5, 0.6) is 11.5 Å². The van der Waals surface area contributed by atoms with Crippen LogP contribution in [-0.2, 0) is 6.42 Å². The second kappa shape index (κ2) is 10.5. The smallest absolute Gasteiger partial charge is 0.122 e. The van der Waals surface area contributed by atoms with Crippen LogP contribution in [0.4, 0.5) is 0 Å². The highest BCUT2D eigenvalue weighted by molar-refractivity contribution is 5.53. The zero-order chi connectivity index (χ0) is 23.5. The highest BCUT2D eigenvalue weighted by atomic mass is 16.3. The zero-order valence-electron chi connectivity index (χ0n) is 21.3. The first-order valence-electron chi connectivity index (χ1n) is 13.6. The summed E-state index contributed by atoms with van der Waals surface area (Å²) >= 11 is 0. The topological polar surface area (TPSA) is 40.5 Å². The van der Waals surface area contributed by atoms with Crippen LogP contribution in [0.15, 0.2) is 24.3 Å². The molecule has 0 heterocycles. The lowest BCUT2D eigenvalue weighted by Gasteiger charge is -2.26. The number of phenols is 2. The van der Waals surface area contributed by atoms with Gasteiger partial charge >= 0.3 is 0 Å². The highest BCUT2D eigenvalue weighted by Gasteiger charge is 2.23. The molecule has 4 rings (SSSR count). The van der Waals surface area contributed by atoms with Crippen LogP contribution in [0.25, 0.3) is 0 Å². The second-order valence-electron chi connectivity index (χ2n) is 11.4. The standard InChI is InChI=1S/C31H44O2/c1-20(2)28-18-24(22-11-7-5-8-12-22)15-26(30(28)32)17-27-16-25(23-13-9-6-10-14-23)19-29(21(3)4)31(27)33/h15-16,18-23,32-33H,5-14,17H2,1-4H3. The third-order valence-corrected chi connectivity index (χ3v) is 8.26. The summed E-state index contributed by atoms with van der Waals surface area (Å²) in [5, 5.41) is 22.5. The van der Waals surface area contributed by atoms with Crippen molar-refractivity contribution < 1.29 is 10.2 Å². The van der Waals surface area contributed by atoms with Crippen molar-refractivity contribution in [3.05, 3.63) is 57.6 Å². The Morgan fingerprint density at radius 3 is 1.30 bits per heavy atom. The fraction of sp³-hybridized carbons (Fsp3) is 0.613. The van der Waals surface area contributed by atoms with Gasteiger partial charge in [-0.15, -0.1) is 0 Å². The van der Waals surface area contributed by atoms with Crippen molar-refractivity contribution >= 4 is 0 Å². The molecule has 0 aromatic heterocycles. The summed E-state index contributed by atoms with van der Waals surface area (Å²) in [5.41, 5.74) is 6.84. The Hall–Kier alpha value is -1.96. The SMILES string of the molecule is CC(C)c1cc(C2CCCCC2)cc(Cc2cc(C3CCCCC3)cc(C(C)C)c2O)c1O. The molecule has 0 amide bonds. The van der Waals surface area contributed by atoms with Gasteiger partial charge in [0.2, 0.25) is 0 Å². The monoisotopic (exact) mass is 448 g/mol. The molecule has 0 saturated heterocycles. The van der Waals surface area contributed by atoms with Gasteiger partial charge in [0.05, 0.1) is 0 Å². The summed E-state index contributed by atoms with van der Waals surface area (Å²) in [6.07, 6.45) is 13.5. The fourth-order valence-corrected chi connectivity index (χ4v) is 6.19. The fourth-order valence-electron chi connectivity index (χ4n) is 6.19. The third kappa shape index (κ3) is 5.42. The van der Waals surface area contributed by atoms with Gasteiger partial charge in [-0.05, 0) is 82.7 Å². The number of benzene rings is 2. The molecule has 0 radical (unpaired) electrons. The lowest BCUT2D eigenvalue weighted by Crippen LogP contribution is -2.08. The summed E-state index contributed by atoms with van der Waals surface area (Å²) in [5.74, 6) is 2.62. The van der Waals surface area contributed by atoms with Crippen molar-refractivity contribution in [1.82, 2.24) is 0 Å². The Morgan fingerprint density at radius 2 is 0.970 bits per heavy atom. The van der Waals surface area contributed by atoms with E-state index >= 15 is 0 Å². The van der Waals surface area contributed by atoms with Gasteiger partial charge in [-0.25, -0.2) is 0 Å². The Balaban J connectivity index is 1.75. The number of rotatable bonds is 6. The molecule has 2 nitrogen and oxygen atoms in total. The van der Waals surface area contributed by atoms with Crippen molar-refractivity contribution in [2.75, 3.05) is 0 Å². The molecule has 0 atom stereocenters. The lowest BCUT2D eigenvalue weighted by atomic mass is 9.80. The van der Waals surface area contributed by atoms with E-state index in [1.165, 1.54) is 75.3 Å². The Labute approximate surface area is 201 Å². The molecule has 2 aliphatic rings. The summed E-state index contributed by atoms with van der Waals surface area (Å²) in [6.45, 7) is 8.67. The maximum Gasteiger partial charge on any atom is 0.122 e. The van der Waals surface area contributed by atoms with Crippen LogP contribution in [-0.4, -0.2) is 10.2 Å². The maximum absolute atomic E-state index is 11.2. The van der Waals surface area contributed by atoms with Crippen LogP contribution in [0.2, 0.25) is 0 Å². The minimum Gasteiger partial charge on any atom is -0.507 e. The lowest BCUT2D eigenvalue weighted by molar-refractivity contribution is 0.435. The van der Waals surface area contributed by atoms with Gasteiger partial charge < -0.3 is 10.2 Å². The summed E-state index contributed by atoms with van der Waals surface area (Å²) in [6, 6.07) is 9.02. The van der Waals surface area contributed by atoms with Gasteiger partial charge in [0.25, 0.3) is 0 Å². The molecule has 0 unspecified atom stereocenters. The second-order valence-corrected chi connectivity index (χ2v) is 11.4. The van der Waals surface area contributed by atoms with E-state index < -0.39 is 0 Å². The first kappa shape index (κ1) is 24.2. The van der Waals surface area contributed by atoms with Crippen LogP contribution in [0.3, 0.4) is 0 Å². The molecule has 2 aromatic carbocycles. The minimum atomic E-state index is 0.278. The summed E-state index contributed by atoms with van der Waals surface area (Å²) < 4.78 is 0. The summed E-state index contributed by atoms with van der Waals surface area (Å²) in [4.78, 5) is 0. The zero-order valence-corrected chi connectivity index (χ0v) is 21.3. The molecule has 2 aromatic rings. The van der Waals surface area contributed by atoms with Crippen molar-refractivity contribution in [3.63, 3.8) is 0 Å². The number of aromatic hydroxyl groups is 2. The molecule has 0 bridgehead atoms. The Bertz CT molecular complexity index is 866. The van der Waals surface area contributed by atoms with E-state index in [9.17, 15) is 10.2 Å². The normalized spacial score (nSPS) is 18.4. The van der Waals surface area contributed by atoms with E-state index in [2.05, 4.69) is 52.0 Å². The first-order valence-corrected chi connectivity index (χ1v) is 13.6. The highest BCUT2D eigenvalue weighted by Crippen LogP contribution is 2.42. The molecule has 0 spiro atoms. The largest absolute Gasteiger partial charge is 0.507 e. The van der Waals surface area contributed by atoms with Crippen molar-refractivity contribution in [3.8, 4) is 11.5 Å². The molecule has 2 saturated carbocycles. The molecule has 2 heteroatoms. The third-order valence-electron chi connectivity index (χ3n) is 8.26. The Kier molecular flexibility index (Phi) is 7.72. The van der Waals surface area contributed by atoms with Crippen LogP contribution in [0, 0.1) is 0 Å². The van der Waals surface area contributed by atoms with Gasteiger partial charge in [0.15, 0.2) is 0 Å². The van der Waals surface area contributed by atoms with E-state index in [0.29, 0.717) is 29.8 Å². The van der Waals surface area contributed by atoms with E-state index in [1.54, 1.807) is 0 Å². The van der Waals surface area contributed by atoms with Gasteiger partial charge in [-0.3, -0.25) is 0 Å². The van der Waals surface area contributed by atoms with Gasteiger partial charge in [0, 0.05) is 6.42 Å². The van der Waals surface area contributed by atoms with Crippen LogP contribution < -0.4 is 0 Å². The van der Waals surface area contributed by atoms with Crippen molar-refractivity contribution in [1.29, 1.82) is 0 Å². The first-order chi connectivity index (χ1) is 15.8. The average Bonchev–Trinajstić information content (AvgIpc) is 2.82. The van der Waals surface area contributed by atoms with Crippen molar-refractivity contribution in [2.24, 2.45) is 0 Å². The molecule has 2 N–H and O–H groups in total. The molecular weight excluding hydrogens is 404 g/mol. The van der Waals surface area contributed by atoms with Crippen LogP contribution in [0.1, 0.15) is 149 Å². The van der Waals surface area contributed by atoms with Gasteiger partial charge in [0.1, 0.15) is 11.5 Å². The predicted molar refractivity (Wildman–Crippen MR) is 139 cm³/mol. The maximum atomic E-state index is 11.2.